The number of nitrogens with zero attached hydrogens (tertiary/aromatic N) is 2. The van der Waals surface area contributed by atoms with Gasteiger partial charge in [0, 0.05) is 32.6 Å². The van der Waals surface area contributed by atoms with Gasteiger partial charge < -0.3 is 16.0 Å². The van der Waals surface area contributed by atoms with Crippen LogP contribution in [0.5, 0.6) is 0 Å². The number of carbonyl (C=O) groups excluding carboxylic acids is 1. The Balaban J connectivity index is 2.47. The second kappa shape index (κ2) is 5.58. The first-order valence-corrected chi connectivity index (χ1v) is 5.41. The molecule has 0 aromatic heterocycles. The molecule has 1 amide bonds. The monoisotopic (exact) mass is 212 g/mol. The highest BCUT2D eigenvalue weighted by Crippen LogP contribution is 1.98. The summed E-state index contributed by atoms with van der Waals surface area (Å²) in [7, 11) is 0. The molecule has 0 atom stereocenters. The molecule has 5 nitrogen and oxygen atoms in total. The van der Waals surface area contributed by atoms with Crippen LogP contribution < -0.4 is 11.1 Å². The van der Waals surface area contributed by atoms with Crippen LogP contribution in [-0.2, 0) is 4.79 Å². The summed E-state index contributed by atoms with van der Waals surface area (Å²) in [6.07, 6.45) is 0.498. The van der Waals surface area contributed by atoms with Gasteiger partial charge in [-0.25, -0.2) is 0 Å². The summed E-state index contributed by atoms with van der Waals surface area (Å²) in [6, 6.07) is 0. The molecule has 5 heteroatoms. The summed E-state index contributed by atoms with van der Waals surface area (Å²) in [5, 5.41) is 2.80. The molecule has 0 bridgehead atoms. The third-order valence-electron chi connectivity index (χ3n) is 2.26. The molecule has 15 heavy (non-hydrogen) atoms. The number of hydrogen-bond donors (Lipinski definition) is 2. The maximum Gasteiger partial charge on any atom is 0.221 e. The Hall–Kier alpha value is -1.26. The summed E-state index contributed by atoms with van der Waals surface area (Å²) in [5.41, 5.74) is 5.85. The molecule has 1 heterocycles. The van der Waals surface area contributed by atoms with E-state index in [9.17, 15) is 4.79 Å². The Morgan fingerprint density at radius 1 is 1.60 bits per heavy atom. The highest BCUT2D eigenvalue weighted by atomic mass is 16.1. The standard InChI is InChI=1S/C10H20N4O/c1-8(2)7-13-10(11)14-5-3-9(15)12-4-6-14/h8H,3-7H2,1-2H3,(H2,11,13)(H,12,15). The Labute approximate surface area is 90.7 Å². The number of nitrogens with one attached hydrogen (secondary N) is 1. The lowest BCUT2D eigenvalue weighted by Crippen LogP contribution is -2.39. The van der Waals surface area contributed by atoms with E-state index in [1.165, 1.54) is 0 Å². The fraction of sp³-hybridized carbons (Fsp3) is 0.800. The zero-order chi connectivity index (χ0) is 11.3. The molecule has 0 saturated carbocycles. The van der Waals surface area contributed by atoms with Gasteiger partial charge in [-0.3, -0.25) is 9.79 Å². The van der Waals surface area contributed by atoms with Crippen molar-refractivity contribution in [3.8, 4) is 0 Å². The average molecular weight is 212 g/mol. The molecule has 0 radical (unpaired) electrons. The third-order valence-corrected chi connectivity index (χ3v) is 2.26. The van der Waals surface area contributed by atoms with Gasteiger partial charge >= 0.3 is 0 Å². The SMILES string of the molecule is CC(C)CN=C(N)N1CCNC(=O)CC1. The van der Waals surface area contributed by atoms with Crippen molar-refractivity contribution >= 4 is 11.9 Å². The number of hydrogen-bond acceptors (Lipinski definition) is 2. The molecule has 1 rings (SSSR count). The van der Waals surface area contributed by atoms with Crippen molar-refractivity contribution in [3.05, 3.63) is 0 Å². The minimum atomic E-state index is 0.0918. The van der Waals surface area contributed by atoms with Gasteiger partial charge in [0.1, 0.15) is 0 Å². The van der Waals surface area contributed by atoms with Gasteiger partial charge in [-0.15, -0.1) is 0 Å². The van der Waals surface area contributed by atoms with E-state index in [-0.39, 0.29) is 5.91 Å². The Kier molecular flexibility index (Phi) is 4.39. The van der Waals surface area contributed by atoms with E-state index in [1.807, 2.05) is 4.90 Å². The Morgan fingerprint density at radius 3 is 3.00 bits per heavy atom. The van der Waals surface area contributed by atoms with Crippen LogP contribution in [0.2, 0.25) is 0 Å². The van der Waals surface area contributed by atoms with Crippen molar-refractivity contribution in [2.75, 3.05) is 26.2 Å². The quantitative estimate of drug-likeness (QED) is 0.491. The summed E-state index contributed by atoms with van der Waals surface area (Å²) in [4.78, 5) is 17.4. The number of carbonyl (C=O) groups is 1. The van der Waals surface area contributed by atoms with Crippen molar-refractivity contribution in [2.45, 2.75) is 20.3 Å². The fourth-order valence-electron chi connectivity index (χ4n) is 1.37. The number of nitrogens with two attached hydrogens (primary N) is 1. The van der Waals surface area contributed by atoms with Gasteiger partial charge in [0.15, 0.2) is 5.96 Å². The molecule has 0 aliphatic carbocycles. The van der Waals surface area contributed by atoms with Crippen LogP contribution in [0.3, 0.4) is 0 Å². The van der Waals surface area contributed by atoms with E-state index in [0.717, 1.165) is 13.1 Å². The van der Waals surface area contributed by atoms with Crippen LogP contribution in [0.25, 0.3) is 0 Å². The third kappa shape index (κ3) is 4.18. The first-order chi connectivity index (χ1) is 7.09. The van der Waals surface area contributed by atoms with Crippen LogP contribution in [0.15, 0.2) is 4.99 Å². The number of aliphatic imine (C=N–C) groups is 1. The summed E-state index contributed by atoms with van der Waals surface area (Å²) in [5.74, 6) is 1.16. The van der Waals surface area contributed by atoms with Gasteiger partial charge in [0.2, 0.25) is 5.91 Å². The zero-order valence-electron chi connectivity index (χ0n) is 9.49. The molecule has 0 unspecified atom stereocenters. The molecule has 86 valence electrons. The highest BCUT2D eigenvalue weighted by Gasteiger charge is 2.14. The van der Waals surface area contributed by atoms with Crippen LogP contribution in [0.1, 0.15) is 20.3 Å². The molecule has 0 aromatic rings. The first kappa shape index (κ1) is 11.8. The highest BCUT2D eigenvalue weighted by molar-refractivity contribution is 5.81. The molecule has 0 spiro atoms. The van der Waals surface area contributed by atoms with Gasteiger partial charge in [-0.2, -0.15) is 0 Å². The minimum absolute atomic E-state index is 0.0918. The van der Waals surface area contributed by atoms with E-state index in [2.05, 4.69) is 24.2 Å². The minimum Gasteiger partial charge on any atom is -0.370 e. The van der Waals surface area contributed by atoms with E-state index in [1.54, 1.807) is 0 Å². The van der Waals surface area contributed by atoms with Crippen molar-refractivity contribution in [3.63, 3.8) is 0 Å². The summed E-state index contributed by atoms with van der Waals surface area (Å²) < 4.78 is 0. The molecule has 3 N–H and O–H groups in total. The summed E-state index contributed by atoms with van der Waals surface area (Å²) in [6.45, 7) is 7.01. The van der Waals surface area contributed by atoms with Crippen LogP contribution in [0.4, 0.5) is 0 Å². The Morgan fingerprint density at radius 2 is 2.33 bits per heavy atom. The smallest absolute Gasteiger partial charge is 0.221 e. The van der Waals surface area contributed by atoms with Crippen molar-refractivity contribution in [2.24, 2.45) is 16.6 Å². The van der Waals surface area contributed by atoms with Crippen molar-refractivity contribution < 1.29 is 4.79 Å². The van der Waals surface area contributed by atoms with E-state index < -0.39 is 0 Å². The molecular formula is C10H20N4O. The van der Waals surface area contributed by atoms with Crippen LogP contribution >= 0.6 is 0 Å². The molecule has 1 saturated heterocycles. The number of guanidine groups is 1. The van der Waals surface area contributed by atoms with Gasteiger partial charge in [0.05, 0.1) is 0 Å². The number of amides is 1. The average Bonchev–Trinajstić information content (AvgIpc) is 2.39. The molecule has 1 aliphatic rings. The largest absolute Gasteiger partial charge is 0.370 e. The second-order valence-corrected chi connectivity index (χ2v) is 4.18. The lowest BCUT2D eigenvalue weighted by molar-refractivity contribution is -0.120. The van der Waals surface area contributed by atoms with E-state index in [4.69, 9.17) is 5.73 Å². The van der Waals surface area contributed by atoms with Crippen LogP contribution in [0, 0.1) is 5.92 Å². The maximum atomic E-state index is 11.1. The van der Waals surface area contributed by atoms with Crippen LogP contribution in [-0.4, -0.2) is 42.9 Å². The molecular weight excluding hydrogens is 192 g/mol. The van der Waals surface area contributed by atoms with Gasteiger partial charge in [-0.1, -0.05) is 13.8 Å². The second-order valence-electron chi connectivity index (χ2n) is 4.18. The summed E-state index contributed by atoms with van der Waals surface area (Å²) >= 11 is 0. The van der Waals surface area contributed by atoms with Crippen molar-refractivity contribution in [1.82, 2.24) is 10.2 Å². The predicted octanol–water partition coefficient (Wildman–Crippen LogP) is -0.221. The first-order valence-electron chi connectivity index (χ1n) is 5.41. The molecule has 1 aliphatic heterocycles. The van der Waals surface area contributed by atoms with E-state index >= 15 is 0 Å². The zero-order valence-corrected chi connectivity index (χ0v) is 9.49. The fourth-order valence-corrected chi connectivity index (χ4v) is 1.37. The molecule has 1 fully saturated rings. The normalized spacial score (nSPS) is 19.0. The van der Waals surface area contributed by atoms with Crippen molar-refractivity contribution in [1.29, 1.82) is 0 Å². The van der Waals surface area contributed by atoms with Gasteiger partial charge in [-0.05, 0) is 5.92 Å². The Bertz CT molecular complexity index is 250. The maximum absolute atomic E-state index is 11.1. The van der Waals surface area contributed by atoms with E-state index in [0.29, 0.717) is 31.4 Å². The number of rotatable bonds is 2. The topological polar surface area (TPSA) is 70.7 Å². The van der Waals surface area contributed by atoms with Gasteiger partial charge in [0.25, 0.3) is 0 Å². The molecule has 0 aromatic carbocycles. The lowest BCUT2D eigenvalue weighted by Gasteiger charge is -2.20. The predicted molar refractivity (Wildman–Crippen MR) is 60.5 cm³/mol. The lowest BCUT2D eigenvalue weighted by atomic mass is 10.2.